The van der Waals surface area contributed by atoms with E-state index in [1.54, 1.807) is 0 Å². The Hall–Kier alpha value is -0.593. The Bertz CT molecular complexity index is 464. The van der Waals surface area contributed by atoms with Gasteiger partial charge in [-0.05, 0) is 63.1 Å². The number of piperidine rings is 1. The molecule has 28 heavy (non-hydrogen) atoms. The largest absolute Gasteiger partial charge is 0.444 e. The van der Waals surface area contributed by atoms with Gasteiger partial charge < -0.3 is 14.3 Å². The Balaban J connectivity index is 3.07. The molecule has 2 unspecified atom stereocenters. The van der Waals surface area contributed by atoms with Crippen molar-refractivity contribution in [2.75, 3.05) is 13.2 Å². The minimum Gasteiger partial charge on any atom is -0.444 e. The molecule has 0 aliphatic carbocycles. The first-order valence-corrected chi connectivity index (χ1v) is 13.3. The van der Waals surface area contributed by atoms with Gasteiger partial charge in [-0.25, -0.2) is 4.79 Å². The summed E-state index contributed by atoms with van der Waals surface area (Å²) in [4.78, 5) is 14.9. The Kier molecular flexibility index (Phi) is 9.49. The Labute approximate surface area is 174 Å². The Morgan fingerprint density at radius 3 is 1.96 bits per heavy atom. The van der Waals surface area contributed by atoms with E-state index < -0.39 is 13.9 Å². The first kappa shape index (κ1) is 25.4. The number of ether oxygens (including phenoxy) is 1. The molecule has 1 amide bonds. The van der Waals surface area contributed by atoms with Crippen LogP contribution in [0.25, 0.3) is 0 Å². The third-order valence-corrected chi connectivity index (χ3v) is 12.2. The van der Waals surface area contributed by atoms with Gasteiger partial charge in [-0.1, -0.05) is 41.5 Å². The molecule has 5 nitrogen and oxygen atoms in total. The molecule has 0 spiro atoms. The lowest BCUT2D eigenvalue weighted by atomic mass is 9.94. The minimum absolute atomic E-state index is 0.0169. The van der Waals surface area contributed by atoms with Crippen molar-refractivity contribution in [1.29, 1.82) is 0 Å². The highest BCUT2D eigenvalue weighted by molar-refractivity contribution is 6.77. The summed E-state index contributed by atoms with van der Waals surface area (Å²) >= 11 is 0. The van der Waals surface area contributed by atoms with Crippen molar-refractivity contribution in [1.82, 2.24) is 4.90 Å². The smallest absolute Gasteiger partial charge is 0.410 e. The molecule has 1 saturated heterocycles. The molecule has 0 aromatic heterocycles. The molecule has 0 aromatic rings. The lowest BCUT2D eigenvalue weighted by molar-refractivity contribution is -0.0177. The molecule has 0 aromatic carbocycles. The second-order valence-corrected chi connectivity index (χ2v) is 15.7. The predicted octanol–water partition coefficient (Wildman–Crippen LogP) is 5.72. The second kappa shape index (κ2) is 10.4. The average Bonchev–Trinajstić information content (AvgIpc) is 2.53. The zero-order chi connectivity index (χ0) is 21.7. The molecule has 0 radical (unpaired) electrons. The van der Waals surface area contributed by atoms with Gasteiger partial charge in [0.15, 0.2) is 8.32 Å². The van der Waals surface area contributed by atoms with Crippen LogP contribution >= 0.6 is 0 Å². The lowest BCUT2D eigenvalue weighted by Gasteiger charge is -2.46. The highest BCUT2D eigenvalue weighted by Gasteiger charge is 2.46. The maximum Gasteiger partial charge on any atom is 0.410 e. The van der Waals surface area contributed by atoms with Crippen LogP contribution in [-0.2, 0) is 9.16 Å². The third-order valence-electron chi connectivity index (χ3n) is 6.16. The molecule has 166 valence electrons. The van der Waals surface area contributed by atoms with Gasteiger partial charge in [-0.3, -0.25) is 4.90 Å². The number of aliphatic hydroxyl groups is 1. The van der Waals surface area contributed by atoms with Crippen molar-refractivity contribution < 1.29 is 19.1 Å². The van der Waals surface area contributed by atoms with Crippen LogP contribution in [0, 0.1) is 0 Å². The number of aliphatic hydroxyl groups excluding tert-OH is 1. The SMILES string of the molecule is CC(C)[Si](OCC1CCCC(CCO)N1C(=O)OC(C)(C)C)(C(C)C)C(C)C. The molecule has 1 N–H and O–H groups in total. The minimum atomic E-state index is -1.99. The highest BCUT2D eigenvalue weighted by atomic mass is 28.4. The van der Waals surface area contributed by atoms with Gasteiger partial charge in [0.1, 0.15) is 5.60 Å². The van der Waals surface area contributed by atoms with Gasteiger partial charge in [-0.2, -0.15) is 0 Å². The monoisotopic (exact) mass is 415 g/mol. The third kappa shape index (κ3) is 6.20. The Morgan fingerprint density at radius 2 is 1.54 bits per heavy atom. The van der Waals surface area contributed by atoms with E-state index in [0.717, 1.165) is 19.3 Å². The maximum atomic E-state index is 13.0. The fourth-order valence-electron chi connectivity index (χ4n) is 5.11. The number of amides is 1. The number of rotatable bonds is 8. The normalized spacial score (nSPS) is 21.7. The van der Waals surface area contributed by atoms with Crippen molar-refractivity contribution in [2.45, 2.75) is 122 Å². The van der Waals surface area contributed by atoms with Crippen LogP contribution in [-0.4, -0.2) is 55.3 Å². The number of carbonyl (C=O) groups is 1. The van der Waals surface area contributed by atoms with Crippen molar-refractivity contribution >= 4 is 14.4 Å². The maximum absolute atomic E-state index is 13.0. The molecule has 0 bridgehead atoms. The van der Waals surface area contributed by atoms with E-state index in [2.05, 4.69) is 41.5 Å². The molecular weight excluding hydrogens is 370 g/mol. The van der Waals surface area contributed by atoms with Crippen LogP contribution in [0.4, 0.5) is 4.79 Å². The highest BCUT2D eigenvalue weighted by Crippen LogP contribution is 2.43. The predicted molar refractivity (Wildman–Crippen MR) is 118 cm³/mol. The molecule has 1 fully saturated rings. The molecule has 1 heterocycles. The summed E-state index contributed by atoms with van der Waals surface area (Å²) in [6.07, 6.45) is 3.22. The first-order valence-electron chi connectivity index (χ1n) is 11.1. The van der Waals surface area contributed by atoms with Crippen LogP contribution in [0.2, 0.25) is 16.6 Å². The molecule has 1 aliphatic heterocycles. The number of likely N-dealkylation sites (tertiary alicyclic amines) is 1. The van der Waals surface area contributed by atoms with Crippen LogP contribution in [0.1, 0.15) is 88.0 Å². The fraction of sp³-hybridized carbons (Fsp3) is 0.955. The van der Waals surface area contributed by atoms with Crippen LogP contribution < -0.4 is 0 Å². The van der Waals surface area contributed by atoms with E-state index in [1.165, 1.54) is 0 Å². The molecule has 0 saturated carbocycles. The quantitative estimate of drug-likeness (QED) is 0.515. The number of nitrogens with zero attached hydrogens (tertiary/aromatic N) is 1. The molecule has 1 aliphatic rings. The van der Waals surface area contributed by atoms with E-state index in [4.69, 9.17) is 9.16 Å². The summed E-state index contributed by atoms with van der Waals surface area (Å²) in [6.45, 7) is 20.1. The standard InChI is InChI=1S/C22H45NO4Si/c1-16(2)28(17(3)4,18(5)6)26-15-20-12-10-11-19(13-14-24)23(20)21(25)27-22(7,8)9/h16-20,24H,10-15H2,1-9H3. The van der Waals surface area contributed by atoms with Crippen molar-refractivity contribution in [3.63, 3.8) is 0 Å². The van der Waals surface area contributed by atoms with E-state index in [-0.39, 0.29) is 24.8 Å². The van der Waals surface area contributed by atoms with Crippen LogP contribution in [0.15, 0.2) is 0 Å². The van der Waals surface area contributed by atoms with Crippen molar-refractivity contribution in [3.8, 4) is 0 Å². The zero-order valence-electron chi connectivity index (χ0n) is 19.7. The van der Waals surface area contributed by atoms with Gasteiger partial charge in [0.25, 0.3) is 0 Å². The van der Waals surface area contributed by atoms with E-state index in [9.17, 15) is 9.90 Å². The van der Waals surface area contributed by atoms with Gasteiger partial charge in [0, 0.05) is 12.6 Å². The van der Waals surface area contributed by atoms with Gasteiger partial charge >= 0.3 is 6.09 Å². The number of hydrogen-bond acceptors (Lipinski definition) is 4. The Morgan fingerprint density at radius 1 is 1.04 bits per heavy atom. The molecule has 2 atom stereocenters. The summed E-state index contributed by atoms with van der Waals surface area (Å²) in [5.41, 5.74) is 1.01. The van der Waals surface area contributed by atoms with Gasteiger partial charge in [0.05, 0.1) is 12.6 Å². The van der Waals surface area contributed by atoms with Crippen LogP contribution in [0.3, 0.4) is 0 Å². The summed E-state index contributed by atoms with van der Waals surface area (Å²) in [6, 6.07) is 0.0405. The van der Waals surface area contributed by atoms with E-state index in [1.807, 2.05) is 25.7 Å². The first-order chi connectivity index (χ1) is 12.9. The second-order valence-electron chi connectivity index (χ2n) is 10.3. The summed E-state index contributed by atoms with van der Waals surface area (Å²) in [5.74, 6) is 0. The molecule has 6 heteroatoms. The summed E-state index contributed by atoms with van der Waals surface area (Å²) in [7, 11) is -1.99. The average molecular weight is 416 g/mol. The summed E-state index contributed by atoms with van der Waals surface area (Å²) < 4.78 is 12.5. The molecular formula is C22H45NO4Si. The van der Waals surface area contributed by atoms with E-state index >= 15 is 0 Å². The lowest BCUT2D eigenvalue weighted by Crippen LogP contribution is -2.56. The van der Waals surface area contributed by atoms with Gasteiger partial charge in [0.2, 0.25) is 0 Å². The van der Waals surface area contributed by atoms with E-state index in [0.29, 0.717) is 29.7 Å². The van der Waals surface area contributed by atoms with Crippen molar-refractivity contribution in [3.05, 3.63) is 0 Å². The fourth-order valence-corrected chi connectivity index (χ4v) is 10.6. The van der Waals surface area contributed by atoms with Crippen LogP contribution in [0.5, 0.6) is 0 Å². The number of carbonyl (C=O) groups excluding carboxylic acids is 1. The van der Waals surface area contributed by atoms with Gasteiger partial charge in [-0.15, -0.1) is 0 Å². The number of hydrogen-bond donors (Lipinski definition) is 1. The molecule has 1 rings (SSSR count). The zero-order valence-corrected chi connectivity index (χ0v) is 20.7. The van der Waals surface area contributed by atoms with Crippen molar-refractivity contribution in [2.24, 2.45) is 0 Å². The topological polar surface area (TPSA) is 59.0 Å². The summed E-state index contributed by atoms with van der Waals surface area (Å²) in [5, 5.41) is 9.51.